The Balaban J connectivity index is 1.77. The average molecular weight is 447 g/mol. The van der Waals surface area contributed by atoms with E-state index in [1.807, 2.05) is 32.0 Å². The van der Waals surface area contributed by atoms with Gasteiger partial charge in [0.25, 0.3) is 15.9 Å². The molecule has 0 unspecified atom stereocenters. The predicted molar refractivity (Wildman–Crippen MR) is 124 cm³/mol. The molecular formula is C24H22N4O3S. The number of benzene rings is 3. The molecule has 32 heavy (non-hydrogen) atoms. The van der Waals surface area contributed by atoms with Crippen molar-refractivity contribution in [2.45, 2.75) is 25.7 Å². The number of nitrogens with zero attached hydrogens (tertiary/aromatic N) is 2. The van der Waals surface area contributed by atoms with E-state index in [0.29, 0.717) is 17.0 Å². The Kier molecular flexibility index (Phi) is 6.71. The number of rotatable bonds is 6. The van der Waals surface area contributed by atoms with Crippen molar-refractivity contribution in [3.63, 3.8) is 0 Å². The number of aryl methyl sites for hydroxylation is 2. The van der Waals surface area contributed by atoms with Crippen LogP contribution < -0.4 is 10.1 Å². The van der Waals surface area contributed by atoms with Crippen molar-refractivity contribution in [2.75, 3.05) is 4.72 Å². The molecule has 0 bridgehead atoms. The van der Waals surface area contributed by atoms with Crippen molar-refractivity contribution in [1.82, 2.24) is 5.43 Å². The van der Waals surface area contributed by atoms with Gasteiger partial charge in [0.1, 0.15) is 0 Å². The van der Waals surface area contributed by atoms with Gasteiger partial charge in [0.15, 0.2) is 0 Å². The van der Waals surface area contributed by atoms with E-state index >= 15 is 0 Å². The standard InChI is InChI=1S/C24H22N4O3S/c1-16-7-12-23(17(2)13-16)28-32(30,31)22-6-4-5-21(14-22)24(29)27-26-18(3)20-10-8-19(15-25)9-11-20/h4-14,28H,1-3H3,(H,27,29). The quantitative estimate of drug-likeness (QED) is 0.438. The minimum atomic E-state index is -3.88. The molecule has 2 N–H and O–H groups in total. The number of nitrogens with one attached hydrogen (secondary N) is 2. The topological polar surface area (TPSA) is 111 Å². The first kappa shape index (κ1) is 22.7. The Labute approximate surface area is 187 Å². The number of nitriles is 1. The molecule has 0 aromatic heterocycles. The molecule has 0 atom stereocenters. The number of hydrazone groups is 1. The van der Waals surface area contributed by atoms with Gasteiger partial charge in [-0.3, -0.25) is 9.52 Å². The van der Waals surface area contributed by atoms with Crippen molar-refractivity contribution in [1.29, 1.82) is 5.26 Å². The van der Waals surface area contributed by atoms with Crippen molar-refractivity contribution >= 4 is 27.3 Å². The minimum absolute atomic E-state index is 0.0297. The van der Waals surface area contributed by atoms with Gasteiger partial charge >= 0.3 is 0 Å². The minimum Gasteiger partial charge on any atom is -0.279 e. The molecular weight excluding hydrogens is 424 g/mol. The number of hydrogen-bond donors (Lipinski definition) is 2. The van der Waals surface area contributed by atoms with E-state index in [4.69, 9.17) is 5.26 Å². The summed E-state index contributed by atoms with van der Waals surface area (Å²) in [5, 5.41) is 12.9. The highest BCUT2D eigenvalue weighted by Gasteiger charge is 2.17. The maximum absolute atomic E-state index is 12.8. The van der Waals surface area contributed by atoms with E-state index in [2.05, 4.69) is 15.2 Å². The second-order valence-corrected chi connectivity index (χ2v) is 8.96. The number of amides is 1. The summed E-state index contributed by atoms with van der Waals surface area (Å²) in [6, 6.07) is 20.0. The maximum Gasteiger partial charge on any atom is 0.271 e. The Morgan fingerprint density at radius 3 is 2.34 bits per heavy atom. The lowest BCUT2D eigenvalue weighted by molar-refractivity contribution is 0.0954. The molecule has 1 amide bonds. The summed E-state index contributed by atoms with van der Waals surface area (Å²) in [6.45, 7) is 5.47. The zero-order valence-electron chi connectivity index (χ0n) is 17.9. The van der Waals surface area contributed by atoms with Crippen molar-refractivity contribution in [3.05, 3.63) is 94.5 Å². The molecule has 0 aliphatic heterocycles. The normalized spacial score (nSPS) is 11.5. The third kappa shape index (κ3) is 5.39. The number of sulfonamides is 1. The van der Waals surface area contributed by atoms with E-state index in [-0.39, 0.29) is 10.5 Å². The lowest BCUT2D eigenvalue weighted by atomic mass is 10.1. The highest BCUT2D eigenvalue weighted by Crippen LogP contribution is 2.21. The van der Waals surface area contributed by atoms with Crippen LogP contribution in [-0.2, 0) is 10.0 Å². The van der Waals surface area contributed by atoms with Crippen molar-refractivity contribution in [3.8, 4) is 6.07 Å². The molecule has 0 saturated heterocycles. The van der Waals surface area contributed by atoms with Crippen LogP contribution in [0.25, 0.3) is 0 Å². The van der Waals surface area contributed by atoms with Crippen LogP contribution in [0.15, 0.2) is 76.7 Å². The Morgan fingerprint density at radius 2 is 1.69 bits per heavy atom. The molecule has 0 fully saturated rings. The number of carbonyl (C=O) groups is 1. The first-order chi connectivity index (χ1) is 15.2. The molecule has 8 heteroatoms. The SMILES string of the molecule is CC(=NNC(=O)c1cccc(S(=O)(=O)Nc2ccc(C)cc2C)c1)c1ccc(C#N)cc1. The third-order valence-electron chi connectivity index (χ3n) is 4.79. The van der Waals surface area contributed by atoms with Gasteiger partial charge in [-0.15, -0.1) is 0 Å². The molecule has 7 nitrogen and oxygen atoms in total. The fourth-order valence-corrected chi connectivity index (χ4v) is 4.16. The van der Waals surface area contributed by atoms with Crippen LogP contribution in [-0.4, -0.2) is 20.0 Å². The lowest BCUT2D eigenvalue weighted by Gasteiger charge is -2.12. The van der Waals surface area contributed by atoms with Crippen molar-refractivity contribution in [2.24, 2.45) is 5.10 Å². The summed E-state index contributed by atoms with van der Waals surface area (Å²) in [6.07, 6.45) is 0. The molecule has 0 heterocycles. The van der Waals surface area contributed by atoms with Gasteiger partial charge in [0.05, 0.1) is 27.9 Å². The highest BCUT2D eigenvalue weighted by atomic mass is 32.2. The fraction of sp³-hybridized carbons (Fsp3) is 0.125. The molecule has 3 rings (SSSR count). The van der Waals surface area contributed by atoms with Gasteiger partial charge in [-0.25, -0.2) is 13.8 Å². The van der Waals surface area contributed by atoms with Gasteiger partial charge in [-0.1, -0.05) is 35.9 Å². The summed E-state index contributed by atoms with van der Waals surface area (Å²) in [4.78, 5) is 12.5. The van der Waals surface area contributed by atoms with Crippen molar-refractivity contribution < 1.29 is 13.2 Å². The van der Waals surface area contributed by atoms with Crippen LogP contribution >= 0.6 is 0 Å². The van der Waals surface area contributed by atoms with E-state index in [9.17, 15) is 13.2 Å². The van der Waals surface area contributed by atoms with Crippen LogP contribution in [0.3, 0.4) is 0 Å². The highest BCUT2D eigenvalue weighted by molar-refractivity contribution is 7.92. The molecule has 162 valence electrons. The van der Waals surface area contributed by atoms with Crippen LogP contribution in [0.1, 0.15) is 39.5 Å². The van der Waals surface area contributed by atoms with Gasteiger partial charge in [0, 0.05) is 5.56 Å². The van der Waals surface area contributed by atoms with Crippen LogP contribution in [0.4, 0.5) is 5.69 Å². The molecule has 3 aromatic rings. The van der Waals surface area contributed by atoms with Gasteiger partial charge in [0.2, 0.25) is 0 Å². The number of anilines is 1. The largest absolute Gasteiger partial charge is 0.279 e. The lowest BCUT2D eigenvalue weighted by Crippen LogP contribution is -2.20. The Bertz CT molecular complexity index is 1340. The number of carbonyl (C=O) groups excluding carboxylic acids is 1. The molecule has 0 aliphatic rings. The van der Waals surface area contributed by atoms with Gasteiger partial charge in [-0.2, -0.15) is 10.4 Å². The third-order valence-corrected chi connectivity index (χ3v) is 6.15. The fourth-order valence-electron chi connectivity index (χ4n) is 2.99. The first-order valence-electron chi connectivity index (χ1n) is 9.75. The van der Waals surface area contributed by atoms with Crippen LogP contribution in [0.5, 0.6) is 0 Å². The van der Waals surface area contributed by atoms with E-state index < -0.39 is 15.9 Å². The Morgan fingerprint density at radius 1 is 0.969 bits per heavy atom. The smallest absolute Gasteiger partial charge is 0.271 e. The molecule has 0 aliphatic carbocycles. The Hall–Kier alpha value is -3.96. The summed E-state index contributed by atoms with van der Waals surface area (Å²) in [5.74, 6) is -0.540. The van der Waals surface area contributed by atoms with Crippen LogP contribution in [0.2, 0.25) is 0 Å². The second kappa shape index (κ2) is 9.45. The zero-order chi connectivity index (χ0) is 23.3. The predicted octanol–water partition coefficient (Wildman–Crippen LogP) is 4.13. The monoisotopic (exact) mass is 446 g/mol. The number of hydrogen-bond acceptors (Lipinski definition) is 5. The summed E-state index contributed by atoms with van der Waals surface area (Å²) < 4.78 is 28.2. The molecule has 0 spiro atoms. The zero-order valence-corrected chi connectivity index (χ0v) is 18.7. The first-order valence-corrected chi connectivity index (χ1v) is 11.2. The summed E-state index contributed by atoms with van der Waals surface area (Å²) >= 11 is 0. The van der Waals surface area contributed by atoms with E-state index in [1.54, 1.807) is 37.3 Å². The average Bonchev–Trinajstić information content (AvgIpc) is 2.79. The summed E-state index contributed by atoms with van der Waals surface area (Å²) in [7, 11) is -3.88. The summed E-state index contributed by atoms with van der Waals surface area (Å²) in [5.41, 5.74) is 6.72. The van der Waals surface area contributed by atoms with Gasteiger partial charge < -0.3 is 0 Å². The molecule has 3 aromatic carbocycles. The maximum atomic E-state index is 12.8. The van der Waals surface area contributed by atoms with E-state index in [0.717, 1.165) is 16.7 Å². The van der Waals surface area contributed by atoms with Gasteiger partial charge in [-0.05, 0) is 68.3 Å². The molecule has 0 radical (unpaired) electrons. The van der Waals surface area contributed by atoms with Crippen LogP contribution in [0, 0.1) is 25.2 Å². The second-order valence-electron chi connectivity index (χ2n) is 7.28. The van der Waals surface area contributed by atoms with E-state index in [1.165, 1.54) is 24.3 Å². The molecule has 0 saturated carbocycles.